The molecule has 61 heavy (non-hydrogen) atoms. The molecule has 8 rings (SSSR count). The smallest absolute Gasteiger partial charge is 0.136 e. The number of ether oxygens (including phenoxy) is 5. The van der Waals surface area contributed by atoms with Gasteiger partial charge in [-0.15, -0.1) is 5.10 Å². The standard InChI is InChI=1S/C53H47ClN2O5/c54-48-31-27-44(32-45(48)33-47-30-29-46(55-56-47)28-26-39-16-6-1-7-17-39)50-52(59-36-42-22-12-4-13-23-42)53(60-37-43-24-14-5-15-25-43)51(58-35-41-20-10-3-11-21-41)49(61-50)38-57-34-40-18-8-2-9-19-40/h1-25,27,29-32,49-53H,33-38H2/t49-,50+,51-,52+,53+/m1/s1. The highest BCUT2D eigenvalue weighted by molar-refractivity contribution is 6.31. The molecule has 7 nitrogen and oxygen atoms in total. The van der Waals surface area contributed by atoms with Gasteiger partial charge in [-0.25, -0.2) is 0 Å². The summed E-state index contributed by atoms with van der Waals surface area (Å²) in [6.45, 7) is 1.73. The minimum atomic E-state index is -0.591. The van der Waals surface area contributed by atoms with Crippen LogP contribution in [0, 0.1) is 11.8 Å². The van der Waals surface area contributed by atoms with Crippen molar-refractivity contribution in [2.24, 2.45) is 0 Å². The second kappa shape index (κ2) is 21.5. The fourth-order valence-electron chi connectivity index (χ4n) is 7.34. The van der Waals surface area contributed by atoms with Gasteiger partial charge in [-0.2, -0.15) is 5.10 Å². The lowest BCUT2D eigenvalue weighted by atomic mass is 9.89. The Morgan fingerprint density at radius 3 is 1.59 bits per heavy atom. The fraction of sp³-hybridized carbons (Fsp3) is 0.208. The Morgan fingerprint density at radius 2 is 1.03 bits per heavy atom. The topological polar surface area (TPSA) is 71.9 Å². The van der Waals surface area contributed by atoms with Gasteiger partial charge in [0.25, 0.3) is 0 Å². The van der Waals surface area contributed by atoms with Crippen molar-refractivity contribution < 1.29 is 23.7 Å². The Morgan fingerprint density at radius 1 is 0.508 bits per heavy atom. The van der Waals surface area contributed by atoms with Crippen molar-refractivity contribution in [2.75, 3.05) is 6.61 Å². The van der Waals surface area contributed by atoms with E-state index in [9.17, 15) is 0 Å². The van der Waals surface area contributed by atoms with Crippen molar-refractivity contribution in [3.8, 4) is 11.8 Å². The Bertz CT molecular complexity index is 2450. The van der Waals surface area contributed by atoms with Crippen LogP contribution in [0.2, 0.25) is 5.02 Å². The molecule has 1 saturated heterocycles. The zero-order chi connectivity index (χ0) is 41.5. The van der Waals surface area contributed by atoms with E-state index in [1.807, 2.05) is 127 Å². The monoisotopic (exact) mass is 826 g/mol. The van der Waals surface area contributed by atoms with Gasteiger partial charge >= 0.3 is 0 Å². The molecule has 306 valence electrons. The maximum atomic E-state index is 7.18. The van der Waals surface area contributed by atoms with Crippen LogP contribution in [0.4, 0.5) is 0 Å². The fourth-order valence-corrected chi connectivity index (χ4v) is 7.52. The maximum absolute atomic E-state index is 7.18. The predicted octanol–water partition coefficient (Wildman–Crippen LogP) is 10.5. The zero-order valence-electron chi connectivity index (χ0n) is 33.8. The number of hydrogen-bond donors (Lipinski definition) is 0. The van der Waals surface area contributed by atoms with Crippen LogP contribution in [0.1, 0.15) is 56.4 Å². The van der Waals surface area contributed by atoms with Crippen molar-refractivity contribution in [3.63, 3.8) is 0 Å². The minimum absolute atomic E-state index is 0.261. The van der Waals surface area contributed by atoms with Crippen LogP contribution in [-0.4, -0.2) is 41.2 Å². The van der Waals surface area contributed by atoms with Gasteiger partial charge in [-0.1, -0.05) is 169 Å². The van der Waals surface area contributed by atoms with Gasteiger partial charge in [0.2, 0.25) is 0 Å². The summed E-state index contributed by atoms with van der Waals surface area (Å²) in [5.41, 5.74) is 8.21. The highest BCUT2D eigenvalue weighted by Gasteiger charge is 2.49. The van der Waals surface area contributed by atoms with E-state index in [1.54, 1.807) is 0 Å². The summed E-state index contributed by atoms with van der Waals surface area (Å²) >= 11 is 6.93. The molecule has 0 N–H and O–H groups in total. The third kappa shape index (κ3) is 11.9. The average Bonchev–Trinajstić information content (AvgIpc) is 3.32. The normalized spacial score (nSPS) is 18.5. The van der Waals surface area contributed by atoms with Gasteiger partial charge in [-0.3, -0.25) is 0 Å². The van der Waals surface area contributed by atoms with E-state index in [-0.39, 0.29) is 6.61 Å². The van der Waals surface area contributed by atoms with Gasteiger partial charge in [0.15, 0.2) is 0 Å². The average molecular weight is 827 g/mol. The Balaban J connectivity index is 1.12. The van der Waals surface area contributed by atoms with Crippen molar-refractivity contribution in [2.45, 2.75) is 63.4 Å². The van der Waals surface area contributed by atoms with Crippen molar-refractivity contribution in [3.05, 3.63) is 237 Å². The minimum Gasteiger partial charge on any atom is -0.374 e. The van der Waals surface area contributed by atoms with Crippen LogP contribution < -0.4 is 0 Å². The Labute approximate surface area is 363 Å². The molecule has 0 unspecified atom stereocenters. The van der Waals surface area contributed by atoms with E-state index < -0.39 is 30.5 Å². The summed E-state index contributed by atoms with van der Waals surface area (Å²) in [4.78, 5) is 0. The second-order valence-corrected chi connectivity index (χ2v) is 15.3. The highest BCUT2D eigenvalue weighted by Crippen LogP contribution is 2.40. The summed E-state index contributed by atoms with van der Waals surface area (Å²) in [5.74, 6) is 6.25. The lowest BCUT2D eigenvalue weighted by Crippen LogP contribution is -2.58. The quantitative estimate of drug-likeness (QED) is 0.0899. The molecular formula is C53H47ClN2O5. The van der Waals surface area contributed by atoms with Crippen LogP contribution in [0.3, 0.4) is 0 Å². The number of rotatable bonds is 16. The van der Waals surface area contributed by atoms with Gasteiger partial charge < -0.3 is 23.7 Å². The number of hydrogen-bond acceptors (Lipinski definition) is 7. The lowest BCUT2D eigenvalue weighted by molar-refractivity contribution is -0.275. The van der Waals surface area contributed by atoms with Crippen molar-refractivity contribution in [1.29, 1.82) is 0 Å². The maximum Gasteiger partial charge on any atom is 0.136 e. The summed E-state index contributed by atoms with van der Waals surface area (Å²) in [6, 6.07) is 60.2. The van der Waals surface area contributed by atoms with Crippen LogP contribution in [-0.2, 0) is 56.5 Å². The molecule has 1 fully saturated rings. The zero-order valence-corrected chi connectivity index (χ0v) is 34.5. The Kier molecular flexibility index (Phi) is 14.7. The summed E-state index contributed by atoms with van der Waals surface area (Å²) in [6.07, 6.45) is -2.36. The van der Waals surface area contributed by atoms with Gasteiger partial charge in [-0.05, 0) is 69.6 Å². The number of nitrogens with zero attached hydrogens (tertiary/aromatic N) is 2. The third-order valence-electron chi connectivity index (χ3n) is 10.5. The molecule has 8 heteroatoms. The molecule has 0 aliphatic carbocycles. The van der Waals surface area contributed by atoms with Gasteiger partial charge in [0.1, 0.15) is 36.2 Å². The third-order valence-corrected chi connectivity index (χ3v) is 10.9. The van der Waals surface area contributed by atoms with E-state index in [1.165, 1.54) is 0 Å². The number of halogens is 1. The molecule has 0 bridgehead atoms. The van der Waals surface area contributed by atoms with Crippen LogP contribution in [0.15, 0.2) is 182 Å². The molecule has 0 saturated carbocycles. The molecule has 7 aromatic rings. The van der Waals surface area contributed by atoms with Gasteiger partial charge in [0, 0.05) is 17.0 Å². The number of benzene rings is 6. The lowest BCUT2D eigenvalue weighted by Gasteiger charge is -2.46. The highest BCUT2D eigenvalue weighted by atomic mass is 35.5. The van der Waals surface area contributed by atoms with Crippen molar-refractivity contribution >= 4 is 11.6 Å². The van der Waals surface area contributed by atoms with Crippen LogP contribution >= 0.6 is 11.6 Å². The van der Waals surface area contributed by atoms with Crippen LogP contribution in [0.25, 0.3) is 0 Å². The first kappa shape index (κ1) is 41.8. The summed E-state index contributed by atoms with van der Waals surface area (Å²) < 4.78 is 34.4. The molecule has 0 amide bonds. The van der Waals surface area contributed by atoms with E-state index in [0.29, 0.717) is 43.6 Å². The second-order valence-electron chi connectivity index (χ2n) is 14.9. The predicted molar refractivity (Wildman–Crippen MR) is 237 cm³/mol. The van der Waals surface area contributed by atoms with Crippen LogP contribution in [0.5, 0.6) is 0 Å². The summed E-state index contributed by atoms with van der Waals surface area (Å²) in [7, 11) is 0. The first-order valence-corrected chi connectivity index (χ1v) is 20.9. The molecule has 0 spiro atoms. The molecule has 6 aromatic carbocycles. The Hall–Kier alpha value is -5.95. The molecule has 1 aliphatic rings. The molecule has 1 aliphatic heterocycles. The van der Waals surface area contributed by atoms with Gasteiger partial charge in [0.05, 0.1) is 38.7 Å². The molecule has 2 heterocycles. The van der Waals surface area contributed by atoms with E-state index in [0.717, 1.165) is 44.6 Å². The summed E-state index contributed by atoms with van der Waals surface area (Å²) in [5, 5.41) is 9.53. The molecule has 5 atom stereocenters. The first-order chi connectivity index (χ1) is 30.1. The molecule has 0 radical (unpaired) electrons. The van der Waals surface area contributed by atoms with E-state index >= 15 is 0 Å². The van der Waals surface area contributed by atoms with E-state index in [4.69, 9.17) is 35.3 Å². The largest absolute Gasteiger partial charge is 0.374 e. The first-order valence-electron chi connectivity index (χ1n) is 20.6. The molecular weight excluding hydrogens is 780 g/mol. The number of aromatic nitrogens is 2. The van der Waals surface area contributed by atoms with E-state index in [2.05, 4.69) is 76.6 Å². The van der Waals surface area contributed by atoms with Crippen molar-refractivity contribution in [1.82, 2.24) is 10.2 Å². The molecule has 1 aromatic heterocycles. The SMILES string of the molecule is Clc1ccc([C@@H]2O[C@H](COCc3ccccc3)[C@@H](OCc3ccccc3)[C@H](OCc3ccccc3)[C@H]2OCc2ccccc2)cc1Cc1ccc(C#Cc2ccccc2)nn1.